The molecule has 1 aromatic heterocycles. The van der Waals surface area contributed by atoms with Gasteiger partial charge >= 0.3 is 0 Å². The summed E-state index contributed by atoms with van der Waals surface area (Å²) in [5.41, 5.74) is 11.1. The van der Waals surface area contributed by atoms with E-state index in [9.17, 15) is 0 Å². The van der Waals surface area contributed by atoms with E-state index in [0.717, 1.165) is 22.4 Å². The third-order valence-electron chi connectivity index (χ3n) is 8.73. The SMILES string of the molecule is Cn1c(-c2cccc(-c3ccc4c5c(cccc35)-c3c-4c4ccccc4c4ccccc34)c2)nc2ccccc21. The number of aromatic nitrogens is 2. The van der Waals surface area contributed by atoms with Crippen LogP contribution in [0.2, 0.25) is 0 Å². The first-order valence-electron chi connectivity index (χ1n) is 13.8. The molecule has 0 spiro atoms. The highest BCUT2D eigenvalue weighted by atomic mass is 15.1. The topological polar surface area (TPSA) is 17.8 Å². The number of aryl methyl sites for hydroxylation is 1. The van der Waals surface area contributed by atoms with Crippen LogP contribution < -0.4 is 0 Å². The molecule has 0 amide bonds. The van der Waals surface area contributed by atoms with Crippen molar-refractivity contribution in [2.45, 2.75) is 0 Å². The number of para-hydroxylation sites is 2. The van der Waals surface area contributed by atoms with Gasteiger partial charge in [0.1, 0.15) is 5.82 Å². The lowest BCUT2D eigenvalue weighted by molar-refractivity contribution is 0.959. The fourth-order valence-corrected chi connectivity index (χ4v) is 7.01. The lowest BCUT2D eigenvalue weighted by atomic mass is 9.90. The number of hydrogen-bond acceptors (Lipinski definition) is 1. The van der Waals surface area contributed by atoms with Crippen molar-refractivity contribution in [3.05, 3.63) is 127 Å². The summed E-state index contributed by atoms with van der Waals surface area (Å²) in [5, 5.41) is 7.93. The Bertz CT molecular complexity index is 2270. The Kier molecular flexibility index (Phi) is 4.29. The molecular formula is C38H24N2. The summed E-state index contributed by atoms with van der Waals surface area (Å²) in [6.45, 7) is 0. The summed E-state index contributed by atoms with van der Waals surface area (Å²) < 4.78 is 2.19. The molecule has 1 aliphatic rings. The summed E-state index contributed by atoms with van der Waals surface area (Å²) in [4.78, 5) is 4.97. The maximum absolute atomic E-state index is 4.97. The van der Waals surface area contributed by atoms with E-state index in [0.29, 0.717) is 0 Å². The smallest absolute Gasteiger partial charge is 0.140 e. The van der Waals surface area contributed by atoms with Crippen LogP contribution in [0.25, 0.3) is 88.1 Å². The minimum Gasteiger partial charge on any atom is -0.327 e. The molecule has 0 N–H and O–H groups in total. The summed E-state index contributed by atoms with van der Waals surface area (Å²) in [5.74, 6) is 0.985. The van der Waals surface area contributed by atoms with Crippen molar-refractivity contribution < 1.29 is 0 Å². The third kappa shape index (κ3) is 2.80. The van der Waals surface area contributed by atoms with Crippen molar-refractivity contribution in [3.8, 4) is 44.8 Å². The average Bonchev–Trinajstić information content (AvgIpc) is 3.54. The van der Waals surface area contributed by atoms with Gasteiger partial charge in [0.2, 0.25) is 0 Å². The number of benzene rings is 7. The summed E-state index contributed by atoms with van der Waals surface area (Å²) in [7, 11) is 2.10. The Morgan fingerprint density at radius 3 is 1.80 bits per heavy atom. The Hall–Kier alpha value is -5.21. The molecule has 8 aromatic rings. The second-order valence-electron chi connectivity index (χ2n) is 10.8. The van der Waals surface area contributed by atoms with Crippen LogP contribution in [0.3, 0.4) is 0 Å². The van der Waals surface area contributed by atoms with Gasteiger partial charge in [-0.1, -0.05) is 109 Å². The summed E-state index contributed by atoms with van der Waals surface area (Å²) in [6.07, 6.45) is 0. The molecular weight excluding hydrogens is 484 g/mol. The summed E-state index contributed by atoms with van der Waals surface area (Å²) in [6, 6.07) is 46.4. The molecule has 0 aliphatic heterocycles. The monoisotopic (exact) mass is 508 g/mol. The number of rotatable bonds is 2. The van der Waals surface area contributed by atoms with Crippen molar-refractivity contribution in [1.29, 1.82) is 0 Å². The molecule has 7 aromatic carbocycles. The lowest BCUT2D eigenvalue weighted by Gasteiger charge is -2.13. The minimum absolute atomic E-state index is 0.985. The van der Waals surface area contributed by atoms with Gasteiger partial charge in [-0.25, -0.2) is 4.98 Å². The average molecular weight is 509 g/mol. The van der Waals surface area contributed by atoms with E-state index < -0.39 is 0 Å². The predicted octanol–water partition coefficient (Wildman–Crippen LogP) is 10.0. The van der Waals surface area contributed by atoms with E-state index in [-0.39, 0.29) is 0 Å². The second-order valence-corrected chi connectivity index (χ2v) is 10.8. The molecule has 0 radical (unpaired) electrons. The molecule has 40 heavy (non-hydrogen) atoms. The molecule has 186 valence electrons. The molecule has 0 fully saturated rings. The fraction of sp³-hybridized carbons (Fsp3) is 0.0263. The van der Waals surface area contributed by atoms with Crippen molar-refractivity contribution in [2.75, 3.05) is 0 Å². The first-order chi connectivity index (χ1) is 19.8. The van der Waals surface area contributed by atoms with Crippen LogP contribution in [0.4, 0.5) is 0 Å². The molecule has 0 bridgehead atoms. The Labute approximate surface area is 231 Å². The fourth-order valence-electron chi connectivity index (χ4n) is 7.01. The van der Waals surface area contributed by atoms with Gasteiger partial charge in [-0.05, 0) is 83.9 Å². The van der Waals surface area contributed by atoms with Crippen molar-refractivity contribution in [1.82, 2.24) is 9.55 Å². The zero-order chi connectivity index (χ0) is 26.4. The predicted molar refractivity (Wildman–Crippen MR) is 169 cm³/mol. The first-order valence-corrected chi connectivity index (χ1v) is 13.8. The van der Waals surface area contributed by atoms with Crippen molar-refractivity contribution in [3.63, 3.8) is 0 Å². The first kappa shape index (κ1) is 21.7. The van der Waals surface area contributed by atoms with Crippen LogP contribution >= 0.6 is 0 Å². The molecule has 1 aliphatic carbocycles. The van der Waals surface area contributed by atoms with E-state index in [4.69, 9.17) is 4.98 Å². The molecule has 2 heteroatoms. The largest absolute Gasteiger partial charge is 0.327 e. The van der Waals surface area contributed by atoms with Crippen molar-refractivity contribution in [2.24, 2.45) is 7.05 Å². The van der Waals surface area contributed by atoms with Crippen LogP contribution in [0.15, 0.2) is 127 Å². The second kappa shape index (κ2) is 7.91. The van der Waals surface area contributed by atoms with E-state index in [1.807, 2.05) is 6.07 Å². The van der Waals surface area contributed by atoms with E-state index in [1.165, 1.54) is 65.7 Å². The van der Waals surface area contributed by atoms with Gasteiger partial charge in [-0.3, -0.25) is 0 Å². The molecule has 2 nitrogen and oxygen atoms in total. The molecule has 1 heterocycles. The number of hydrogen-bond donors (Lipinski definition) is 0. The molecule has 9 rings (SSSR count). The van der Waals surface area contributed by atoms with Gasteiger partial charge in [0.05, 0.1) is 11.0 Å². The quantitative estimate of drug-likeness (QED) is 0.212. The maximum Gasteiger partial charge on any atom is 0.140 e. The highest BCUT2D eigenvalue weighted by Gasteiger charge is 2.27. The van der Waals surface area contributed by atoms with Gasteiger partial charge in [-0.15, -0.1) is 0 Å². The Morgan fingerprint density at radius 2 is 1.05 bits per heavy atom. The molecule has 0 unspecified atom stereocenters. The van der Waals surface area contributed by atoms with Gasteiger partial charge < -0.3 is 4.57 Å². The number of imidazole rings is 1. The zero-order valence-electron chi connectivity index (χ0n) is 22.0. The lowest BCUT2D eigenvalue weighted by Crippen LogP contribution is -1.93. The molecule has 0 saturated carbocycles. The van der Waals surface area contributed by atoms with Crippen LogP contribution in [0.1, 0.15) is 0 Å². The normalized spacial score (nSPS) is 12.1. The van der Waals surface area contributed by atoms with E-state index in [1.54, 1.807) is 0 Å². The van der Waals surface area contributed by atoms with Crippen LogP contribution in [0, 0.1) is 0 Å². The van der Waals surface area contributed by atoms with Crippen LogP contribution in [0.5, 0.6) is 0 Å². The zero-order valence-corrected chi connectivity index (χ0v) is 22.0. The maximum atomic E-state index is 4.97. The van der Waals surface area contributed by atoms with Crippen LogP contribution in [-0.2, 0) is 7.05 Å². The Morgan fingerprint density at radius 1 is 0.475 bits per heavy atom. The number of nitrogens with zero attached hydrogens (tertiary/aromatic N) is 2. The molecule has 0 atom stereocenters. The molecule has 0 saturated heterocycles. The number of fused-ring (bicyclic) bond motifs is 9. The van der Waals surface area contributed by atoms with Crippen molar-refractivity contribution >= 4 is 43.4 Å². The minimum atomic E-state index is 0.985. The van der Waals surface area contributed by atoms with Gasteiger partial charge in [0.15, 0.2) is 0 Å². The van der Waals surface area contributed by atoms with Crippen LogP contribution in [-0.4, -0.2) is 9.55 Å². The highest BCUT2D eigenvalue weighted by molar-refractivity contribution is 6.31. The highest BCUT2D eigenvalue weighted by Crippen LogP contribution is 2.54. The van der Waals surface area contributed by atoms with E-state index >= 15 is 0 Å². The summed E-state index contributed by atoms with van der Waals surface area (Å²) >= 11 is 0. The Balaban J connectivity index is 1.31. The van der Waals surface area contributed by atoms with Gasteiger partial charge in [0, 0.05) is 12.6 Å². The third-order valence-corrected chi connectivity index (χ3v) is 8.73. The van der Waals surface area contributed by atoms with Gasteiger partial charge in [0.25, 0.3) is 0 Å². The van der Waals surface area contributed by atoms with Gasteiger partial charge in [-0.2, -0.15) is 0 Å². The standard InChI is InChI=1S/C38H24N2/c1-40-34-19-7-6-18-33(34)39-38(40)24-11-8-10-23(22-24)25-20-21-32-35-28(25)16-9-17-31(35)36-29-14-4-2-12-26(29)27-13-3-5-15-30(27)37(32)36/h2-22H,1H3. The van der Waals surface area contributed by atoms with E-state index in [2.05, 4.69) is 133 Å².